The van der Waals surface area contributed by atoms with Gasteiger partial charge in [-0.1, -0.05) is 18.2 Å². The van der Waals surface area contributed by atoms with Crippen LogP contribution >= 0.6 is 0 Å². The molecule has 0 heterocycles. The van der Waals surface area contributed by atoms with Crippen molar-refractivity contribution in [1.29, 1.82) is 5.26 Å². The Balaban J connectivity index is 2.22. The van der Waals surface area contributed by atoms with E-state index in [2.05, 4.69) is 11.4 Å². The van der Waals surface area contributed by atoms with Crippen molar-refractivity contribution >= 4 is 5.69 Å². The molecule has 1 N–H and O–H groups in total. The molecule has 0 saturated carbocycles. The van der Waals surface area contributed by atoms with Crippen LogP contribution in [0.5, 0.6) is 0 Å². The van der Waals surface area contributed by atoms with Crippen LogP contribution in [-0.4, -0.2) is 0 Å². The summed E-state index contributed by atoms with van der Waals surface area (Å²) in [6.45, 7) is 4.34. The zero-order chi connectivity index (χ0) is 13.8. The van der Waals surface area contributed by atoms with Crippen molar-refractivity contribution in [1.82, 2.24) is 0 Å². The molecule has 0 saturated heterocycles. The molecule has 2 aromatic rings. The van der Waals surface area contributed by atoms with E-state index in [9.17, 15) is 4.39 Å². The van der Waals surface area contributed by atoms with Gasteiger partial charge >= 0.3 is 0 Å². The second-order valence-corrected chi connectivity index (χ2v) is 4.53. The fraction of sp³-hybridized carbons (Fsp3) is 0.188. The molecule has 19 heavy (non-hydrogen) atoms. The average Bonchev–Trinajstić information content (AvgIpc) is 2.40. The van der Waals surface area contributed by atoms with Crippen LogP contribution in [0.1, 0.15) is 22.3 Å². The summed E-state index contributed by atoms with van der Waals surface area (Å²) in [4.78, 5) is 0. The van der Waals surface area contributed by atoms with Crippen LogP contribution in [-0.2, 0) is 6.54 Å². The maximum absolute atomic E-state index is 13.2. The minimum absolute atomic E-state index is 0.243. The zero-order valence-corrected chi connectivity index (χ0v) is 11.0. The summed E-state index contributed by atoms with van der Waals surface area (Å²) < 4.78 is 13.2. The molecule has 2 rings (SSSR count). The number of anilines is 1. The van der Waals surface area contributed by atoms with Crippen molar-refractivity contribution in [2.24, 2.45) is 0 Å². The van der Waals surface area contributed by atoms with E-state index < -0.39 is 0 Å². The Bertz CT molecular complexity index is 642. The monoisotopic (exact) mass is 254 g/mol. The highest BCUT2D eigenvalue weighted by atomic mass is 19.1. The van der Waals surface area contributed by atoms with Crippen LogP contribution in [0, 0.1) is 31.0 Å². The van der Waals surface area contributed by atoms with Gasteiger partial charge in [-0.3, -0.25) is 0 Å². The Labute approximate surface area is 112 Å². The standard InChI is InChI=1S/C16H15FN2/c1-11-6-7-14(17)8-13(11)10-19-16-5-3-4-12(2)15(16)9-18/h3-8,19H,10H2,1-2H3. The Morgan fingerprint density at radius 1 is 1.16 bits per heavy atom. The second-order valence-electron chi connectivity index (χ2n) is 4.53. The maximum Gasteiger partial charge on any atom is 0.123 e. The molecular formula is C16H15FN2. The molecule has 0 aliphatic heterocycles. The quantitative estimate of drug-likeness (QED) is 0.900. The van der Waals surface area contributed by atoms with Crippen molar-refractivity contribution in [3.8, 4) is 6.07 Å². The van der Waals surface area contributed by atoms with E-state index in [1.54, 1.807) is 6.07 Å². The second kappa shape index (κ2) is 5.53. The van der Waals surface area contributed by atoms with Crippen LogP contribution in [0.15, 0.2) is 36.4 Å². The molecule has 96 valence electrons. The van der Waals surface area contributed by atoms with E-state index >= 15 is 0 Å². The Morgan fingerprint density at radius 3 is 2.68 bits per heavy atom. The predicted molar refractivity (Wildman–Crippen MR) is 74.4 cm³/mol. The molecule has 0 fully saturated rings. The summed E-state index contributed by atoms with van der Waals surface area (Å²) in [6.07, 6.45) is 0. The minimum Gasteiger partial charge on any atom is -0.380 e. The van der Waals surface area contributed by atoms with Crippen LogP contribution in [0.3, 0.4) is 0 Å². The lowest BCUT2D eigenvalue weighted by atomic mass is 10.1. The lowest BCUT2D eigenvalue weighted by Crippen LogP contribution is -2.04. The largest absolute Gasteiger partial charge is 0.380 e. The van der Waals surface area contributed by atoms with Crippen molar-refractivity contribution in [3.63, 3.8) is 0 Å². The van der Waals surface area contributed by atoms with E-state index in [0.717, 1.165) is 22.4 Å². The number of halogens is 1. The molecular weight excluding hydrogens is 239 g/mol. The van der Waals surface area contributed by atoms with E-state index in [1.807, 2.05) is 32.0 Å². The third-order valence-corrected chi connectivity index (χ3v) is 3.17. The third-order valence-electron chi connectivity index (χ3n) is 3.17. The van der Waals surface area contributed by atoms with Gasteiger partial charge in [0.15, 0.2) is 0 Å². The highest BCUT2D eigenvalue weighted by Crippen LogP contribution is 2.20. The first-order chi connectivity index (χ1) is 9.11. The van der Waals surface area contributed by atoms with Crippen molar-refractivity contribution in [2.75, 3.05) is 5.32 Å². The lowest BCUT2D eigenvalue weighted by Gasteiger charge is -2.11. The summed E-state index contributed by atoms with van der Waals surface area (Å²) in [5.74, 6) is -0.243. The molecule has 2 nitrogen and oxygen atoms in total. The van der Waals surface area contributed by atoms with Crippen LogP contribution in [0.25, 0.3) is 0 Å². The van der Waals surface area contributed by atoms with E-state index in [1.165, 1.54) is 12.1 Å². The molecule has 0 atom stereocenters. The molecule has 0 amide bonds. The molecule has 0 spiro atoms. The van der Waals surface area contributed by atoms with Crippen molar-refractivity contribution < 1.29 is 4.39 Å². The number of hydrogen-bond donors (Lipinski definition) is 1. The minimum atomic E-state index is -0.243. The molecule has 3 heteroatoms. The summed E-state index contributed by atoms with van der Waals surface area (Å²) in [6, 6.07) is 12.6. The van der Waals surface area contributed by atoms with Gasteiger partial charge in [-0.2, -0.15) is 5.26 Å². The number of nitrogens with one attached hydrogen (secondary N) is 1. The number of hydrogen-bond acceptors (Lipinski definition) is 2. The summed E-state index contributed by atoms with van der Waals surface area (Å²) in [5, 5.41) is 12.3. The Kier molecular flexibility index (Phi) is 3.82. The zero-order valence-electron chi connectivity index (χ0n) is 11.0. The SMILES string of the molecule is Cc1ccc(F)cc1CNc1cccc(C)c1C#N. The summed E-state index contributed by atoms with van der Waals surface area (Å²) in [7, 11) is 0. The first kappa shape index (κ1) is 13.1. The first-order valence-corrected chi connectivity index (χ1v) is 6.10. The van der Waals surface area contributed by atoms with Gasteiger partial charge < -0.3 is 5.32 Å². The number of nitriles is 1. The predicted octanol–water partition coefficient (Wildman–Crippen LogP) is 3.93. The molecule has 0 aliphatic carbocycles. The van der Waals surface area contributed by atoms with Crippen molar-refractivity contribution in [2.45, 2.75) is 20.4 Å². The molecule has 0 unspecified atom stereocenters. The topological polar surface area (TPSA) is 35.8 Å². The molecule has 0 bridgehead atoms. The van der Waals surface area contributed by atoms with Crippen LogP contribution in [0.4, 0.5) is 10.1 Å². The van der Waals surface area contributed by atoms with Crippen LogP contribution < -0.4 is 5.32 Å². The van der Waals surface area contributed by atoms with Crippen LogP contribution in [0.2, 0.25) is 0 Å². The molecule has 0 radical (unpaired) electrons. The number of aryl methyl sites for hydroxylation is 2. The fourth-order valence-corrected chi connectivity index (χ4v) is 1.98. The average molecular weight is 254 g/mol. The van der Waals surface area contributed by atoms with Gasteiger partial charge in [-0.25, -0.2) is 4.39 Å². The highest BCUT2D eigenvalue weighted by molar-refractivity contribution is 5.60. The fourth-order valence-electron chi connectivity index (χ4n) is 1.98. The van der Waals surface area contributed by atoms with E-state index in [-0.39, 0.29) is 5.82 Å². The van der Waals surface area contributed by atoms with Gasteiger partial charge in [0.2, 0.25) is 0 Å². The van der Waals surface area contributed by atoms with Gasteiger partial charge in [0.05, 0.1) is 11.3 Å². The summed E-state index contributed by atoms with van der Waals surface area (Å²) >= 11 is 0. The highest BCUT2D eigenvalue weighted by Gasteiger charge is 2.05. The third kappa shape index (κ3) is 2.92. The smallest absolute Gasteiger partial charge is 0.123 e. The molecule has 0 aromatic heterocycles. The van der Waals surface area contributed by atoms with E-state index in [0.29, 0.717) is 12.1 Å². The molecule has 2 aromatic carbocycles. The maximum atomic E-state index is 13.2. The Morgan fingerprint density at radius 2 is 1.95 bits per heavy atom. The lowest BCUT2D eigenvalue weighted by molar-refractivity contribution is 0.625. The van der Waals surface area contributed by atoms with Gasteiger partial charge in [-0.05, 0) is 48.7 Å². The van der Waals surface area contributed by atoms with Crippen molar-refractivity contribution in [3.05, 3.63) is 64.5 Å². The first-order valence-electron chi connectivity index (χ1n) is 6.10. The molecule has 0 aliphatic rings. The number of benzene rings is 2. The van der Waals surface area contributed by atoms with Gasteiger partial charge in [-0.15, -0.1) is 0 Å². The van der Waals surface area contributed by atoms with Gasteiger partial charge in [0.25, 0.3) is 0 Å². The number of rotatable bonds is 3. The Hall–Kier alpha value is -2.34. The summed E-state index contributed by atoms with van der Waals surface area (Å²) in [5.41, 5.74) is 4.27. The number of nitrogens with zero attached hydrogens (tertiary/aromatic N) is 1. The van der Waals surface area contributed by atoms with Gasteiger partial charge in [0.1, 0.15) is 11.9 Å². The van der Waals surface area contributed by atoms with Gasteiger partial charge in [0, 0.05) is 6.54 Å². The normalized spacial score (nSPS) is 10.0. The van der Waals surface area contributed by atoms with E-state index in [4.69, 9.17) is 5.26 Å².